The van der Waals surface area contributed by atoms with E-state index < -0.39 is 0 Å². The fourth-order valence-corrected chi connectivity index (χ4v) is 15.1. The van der Waals surface area contributed by atoms with Gasteiger partial charge in [-0.15, -0.1) is 11.3 Å². The van der Waals surface area contributed by atoms with Crippen molar-refractivity contribution >= 4 is 44.6 Å². The average molecular weight is 670 g/mol. The predicted octanol–water partition coefficient (Wildman–Crippen LogP) is 13.0. The Morgan fingerprint density at radius 3 is 2.40 bits per heavy atom. The molecule has 1 aromatic heterocycles. The standard InChI is InChI=1S/C48H47NS/c1-45(2)20-21-46(3,4)44-37(45)13-9-14-39(44)49(31-17-19-35-34-11-6-8-15-40(34)50-41(35)26-31)30-16-18-33-32-10-5-7-12-36(32)48(38(33)25-30)42-23-28-22-29-24-43(48)47(29,42)27-28/h5-7,9-14,16-19,25-26,28-29,42-43H,8,15,20-24,27H2,1-4H3. The van der Waals surface area contributed by atoms with Crippen molar-refractivity contribution in [2.75, 3.05) is 4.90 Å². The Labute approximate surface area is 301 Å². The molecule has 50 heavy (non-hydrogen) atoms. The topological polar surface area (TPSA) is 3.24 Å². The second-order valence-electron chi connectivity index (χ2n) is 18.7. The van der Waals surface area contributed by atoms with Crippen LogP contribution in [0.1, 0.15) is 105 Å². The van der Waals surface area contributed by atoms with E-state index in [2.05, 4.69) is 124 Å². The van der Waals surface area contributed by atoms with Gasteiger partial charge >= 0.3 is 0 Å². The summed E-state index contributed by atoms with van der Waals surface area (Å²) in [5.74, 6) is 3.59. The molecule has 1 heterocycles. The lowest BCUT2D eigenvalue weighted by atomic mass is 9.27. The van der Waals surface area contributed by atoms with Crippen molar-refractivity contribution in [1.82, 2.24) is 0 Å². The lowest BCUT2D eigenvalue weighted by molar-refractivity contribution is -0.231. The fraction of sp³-hybridized carbons (Fsp3) is 0.417. The third-order valence-electron chi connectivity index (χ3n) is 15.8. The van der Waals surface area contributed by atoms with Crippen molar-refractivity contribution < 1.29 is 0 Å². The SMILES string of the molecule is CC1(C)CCC(C)(C)c2c(N(c3ccc4c(c3)C3(c5ccccc5-4)C4CC5CC6CC3C64C5)c3ccc4c5c(sc4c3)CCC=C5)cccc21. The third-order valence-corrected chi connectivity index (χ3v) is 17.0. The highest BCUT2D eigenvalue weighted by Crippen LogP contribution is 2.89. The minimum atomic E-state index is 0.0924. The highest BCUT2D eigenvalue weighted by atomic mass is 32.1. The maximum absolute atomic E-state index is 2.70. The van der Waals surface area contributed by atoms with Gasteiger partial charge in [-0.05, 0) is 161 Å². The predicted molar refractivity (Wildman–Crippen MR) is 210 cm³/mol. The van der Waals surface area contributed by atoms with E-state index in [1.807, 2.05) is 11.3 Å². The first-order valence-electron chi connectivity index (χ1n) is 19.6. The van der Waals surface area contributed by atoms with Crippen LogP contribution in [0, 0.1) is 29.1 Å². The van der Waals surface area contributed by atoms with Gasteiger partial charge in [0.1, 0.15) is 0 Å². The van der Waals surface area contributed by atoms with Gasteiger partial charge in [-0.2, -0.15) is 0 Å². The molecule has 0 N–H and O–H groups in total. The second-order valence-corrected chi connectivity index (χ2v) is 19.8. The summed E-state index contributed by atoms with van der Waals surface area (Å²) in [7, 11) is 0. The van der Waals surface area contributed by atoms with Gasteiger partial charge < -0.3 is 4.90 Å². The number of fused-ring (bicyclic) bond motifs is 12. The summed E-state index contributed by atoms with van der Waals surface area (Å²) in [6.45, 7) is 9.93. The highest BCUT2D eigenvalue weighted by molar-refractivity contribution is 7.19. The first kappa shape index (κ1) is 29.0. The molecule has 12 rings (SSSR count). The number of aryl methyl sites for hydroxylation is 1. The molecule has 0 saturated heterocycles. The molecular formula is C48H47NS. The third kappa shape index (κ3) is 3.25. The van der Waals surface area contributed by atoms with Crippen LogP contribution in [0.4, 0.5) is 17.1 Å². The molecule has 2 bridgehead atoms. The van der Waals surface area contributed by atoms with Crippen LogP contribution in [-0.4, -0.2) is 0 Å². The van der Waals surface area contributed by atoms with Crippen LogP contribution in [0.25, 0.3) is 27.3 Å². The number of rotatable bonds is 3. The van der Waals surface area contributed by atoms with Gasteiger partial charge in [0.25, 0.3) is 0 Å². The van der Waals surface area contributed by atoms with Gasteiger partial charge in [0, 0.05) is 31.8 Å². The van der Waals surface area contributed by atoms with E-state index in [0.717, 1.165) is 30.1 Å². The summed E-state index contributed by atoms with van der Waals surface area (Å²) in [5.41, 5.74) is 15.9. The number of thiophene rings is 1. The minimum Gasteiger partial charge on any atom is -0.310 e. The van der Waals surface area contributed by atoms with Crippen molar-refractivity contribution in [3.05, 3.63) is 118 Å². The highest BCUT2D eigenvalue weighted by Gasteiger charge is 2.84. The van der Waals surface area contributed by atoms with Gasteiger partial charge in [-0.25, -0.2) is 0 Å². The molecule has 250 valence electrons. The molecule has 0 radical (unpaired) electrons. The lowest BCUT2D eigenvalue weighted by Gasteiger charge is -2.76. The Morgan fingerprint density at radius 2 is 1.50 bits per heavy atom. The quantitative estimate of drug-likeness (QED) is 0.185. The van der Waals surface area contributed by atoms with E-state index in [0.29, 0.717) is 5.41 Å². The number of nitrogens with zero attached hydrogens (tertiary/aromatic N) is 1. The van der Waals surface area contributed by atoms with Crippen LogP contribution < -0.4 is 4.90 Å². The van der Waals surface area contributed by atoms with Crippen molar-refractivity contribution in [2.45, 2.75) is 95.3 Å². The van der Waals surface area contributed by atoms with Crippen molar-refractivity contribution in [3.8, 4) is 11.1 Å². The molecule has 4 aromatic carbocycles. The molecule has 7 aliphatic rings. The maximum Gasteiger partial charge on any atom is 0.0502 e. The molecule has 0 amide bonds. The Morgan fingerprint density at radius 1 is 0.720 bits per heavy atom. The van der Waals surface area contributed by atoms with E-state index in [1.54, 1.807) is 21.6 Å². The van der Waals surface area contributed by atoms with E-state index in [9.17, 15) is 0 Å². The van der Waals surface area contributed by atoms with Gasteiger partial charge in [0.05, 0.1) is 5.69 Å². The van der Waals surface area contributed by atoms with E-state index in [-0.39, 0.29) is 16.2 Å². The molecular weight excluding hydrogens is 623 g/mol. The summed E-state index contributed by atoms with van der Waals surface area (Å²) in [4.78, 5) is 4.23. The summed E-state index contributed by atoms with van der Waals surface area (Å²) >= 11 is 2.02. The molecule has 4 saturated carbocycles. The average Bonchev–Trinajstić information content (AvgIpc) is 3.84. The van der Waals surface area contributed by atoms with E-state index in [1.165, 1.54) is 94.3 Å². The number of benzene rings is 4. The van der Waals surface area contributed by atoms with Crippen molar-refractivity contribution in [1.29, 1.82) is 0 Å². The Hall–Kier alpha value is -3.62. The van der Waals surface area contributed by atoms with E-state index in [4.69, 9.17) is 0 Å². The number of hydrogen-bond donors (Lipinski definition) is 0. The number of anilines is 3. The maximum atomic E-state index is 2.70. The minimum absolute atomic E-state index is 0.0924. The number of allylic oxidation sites excluding steroid dienone is 1. The molecule has 0 aliphatic heterocycles. The normalized spacial score (nSPS) is 32.2. The Kier molecular flexibility index (Phi) is 5.36. The van der Waals surface area contributed by atoms with Crippen molar-refractivity contribution in [2.24, 2.45) is 29.1 Å². The Balaban J connectivity index is 1.10. The van der Waals surface area contributed by atoms with Crippen LogP contribution in [0.2, 0.25) is 0 Å². The summed E-state index contributed by atoms with van der Waals surface area (Å²) in [6.07, 6.45) is 15.4. The van der Waals surface area contributed by atoms with Crippen LogP contribution in [-0.2, 0) is 22.7 Å². The van der Waals surface area contributed by atoms with Crippen molar-refractivity contribution in [3.63, 3.8) is 0 Å². The van der Waals surface area contributed by atoms with Crippen LogP contribution in [0.15, 0.2) is 84.9 Å². The Bertz CT molecular complexity index is 2350. The lowest BCUT2D eigenvalue weighted by Crippen LogP contribution is -2.73. The first-order valence-corrected chi connectivity index (χ1v) is 20.4. The first-order chi connectivity index (χ1) is 24.2. The molecule has 6 atom stereocenters. The second kappa shape index (κ2) is 9.23. The largest absolute Gasteiger partial charge is 0.310 e. The zero-order valence-corrected chi connectivity index (χ0v) is 30.8. The monoisotopic (exact) mass is 669 g/mol. The van der Waals surface area contributed by atoms with Gasteiger partial charge in [0.2, 0.25) is 0 Å². The summed E-state index contributed by atoms with van der Waals surface area (Å²) < 4.78 is 1.42. The van der Waals surface area contributed by atoms with Crippen LogP contribution in [0.5, 0.6) is 0 Å². The van der Waals surface area contributed by atoms with Gasteiger partial charge in [0.15, 0.2) is 0 Å². The molecule has 1 nitrogen and oxygen atoms in total. The van der Waals surface area contributed by atoms with Crippen LogP contribution in [0.3, 0.4) is 0 Å². The smallest absolute Gasteiger partial charge is 0.0502 e. The van der Waals surface area contributed by atoms with Crippen LogP contribution >= 0.6 is 11.3 Å². The molecule has 4 fully saturated rings. The zero-order chi connectivity index (χ0) is 33.4. The zero-order valence-electron chi connectivity index (χ0n) is 30.0. The summed E-state index contributed by atoms with van der Waals surface area (Å²) in [6, 6.07) is 31.9. The number of hydrogen-bond acceptors (Lipinski definition) is 2. The molecule has 2 heteroatoms. The molecule has 7 aliphatic carbocycles. The van der Waals surface area contributed by atoms with Gasteiger partial charge in [-0.3, -0.25) is 0 Å². The molecule has 5 aromatic rings. The fourth-order valence-electron chi connectivity index (χ4n) is 13.8. The summed E-state index contributed by atoms with van der Waals surface area (Å²) in [5, 5.41) is 1.42. The van der Waals surface area contributed by atoms with E-state index >= 15 is 0 Å². The van der Waals surface area contributed by atoms with Gasteiger partial charge in [-0.1, -0.05) is 88.4 Å². The molecule has 2 spiro atoms. The molecule has 6 unspecified atom stereocenters.